The fraction of sp³-hybridized carbons (Fsp3) is 0.895. The van der Waals surface area contributed by atoms with Gasteiger partial charge in [0.1, 0.15) is 0 Å². The van der Waals surface area contributed by atoms with E-state index in [0.29, 0.717) is 11.5 Å². The van der Waals surface area contributed by atoms with Gasteiger partial charge in [0.05, 0.1) is 11.7 Å². The number of aromatic nitrogens is 3. The van der Waals surface area contributed by atoms with Crippen LogP contribution < -0.4 is 0 Å². The summed E-state index contributed by atoms with van der Waals surface area (Å²) in [4.78, 5) is 2.61. The zero-order valence-corrected chi connectivity index (χ0v) is 16.0. The first-order chi connectivity index (χ1) is 11.4. The number of hydrogen-bond acceptors (Lipinski definition) is 4. The summed E-state index contributed by atoms with van der Waals surface area (Å²) in [5.74, 6) is 0.798. The number of aryl methyl sites for hydroxylation is 1. The van der Waals surface area contributed by atoms with E-state index >= 15 is 0 Å². The molecule has 0 bridgehead atoms. The predicted molar refractivity (Wildman–Crippen MR) is 98.0 cm³/mol. The Balaban J connectivity index is 1.70. The second-order valence-electron chi connectivity index (χ2n) is 8.75. The molecule has 1 atom stereocenters. The van der Waals surface area contributed by atoms with Crippen LogP contribution >= 0.6 is 0 Å². The van der Waals surface area contributed by atoms with Crippen molar-refractivity contribution >= 4 is 0 Å². The summed E-state index contributed by atoms with van der Waals surface area (Å²) in [6.07, 6.45) is 8.59. The average molecular weight is 337 g/mol. The minimum atomic E-state index is 0.221. The standard InChI is InChI=1S/C19H36N4O/c1-16(14-19(2,3)4)7-10-22-11-8-18(9-12-22)23-15-17(20-21-23)6-5-13-24/h15-16,18,24H,5-14H2,1-4H3. The van der Waals surface area contributed by atoms with Gasteiger partial charge in [-0.1, -0.05) is 32.9 Å². The van der Waals surface area contributed by atoms with Gasteiger partial charge in [0, 0.05) is 25.9 Å². The lowest BCUT2D eigenvalue weighted by Gasteiger charge is -2.33. The maximum atomic E-state index is 8.90. The minimum Gasteiger partial charge on any atom is -0.396 e. The predicted octanol–water partition coefficient (Wildman–Crippen LogP) is 3.30. The van der Waals surface area contributed by atoms with Crippen LogP contribution in [0.1, 0.15) is 71.5 Å². The molecule has 1 unspecified atom stereocenters. The lowest BCUT2D eigenvalue weighted by molar-refractivity contribution is 0.164. The normalized spacial score (nSPS) is 18.9. The third kappa shape index (κ3) is 6.52. The molecule has 2 heterocycles. The van der Waals surface area contributed by atoms with E-state index in [9.17, 15) is 0 Å². The topological polar surface area (TPSA) is 54.2 Å². The Morgan fingerprint density at radius 1 is 1.29 bits per heavy atom. The van der Waals surface area contributed by atoms with Gasteiger partial charge in [-0.15, -0.1) is 5.10 Å². The smallest absolute Gasteiger partial charge is 0.0828 e. The van der Waals surface area contributed by atoms with Crippen LogP contribution in [0.3, 0.4) is 0 Å². The number of likely N-dealkylation sites (tertiary alicyclic amines) is 1. The van der Waals surface area contributed by atoms with E-state index in [1.165, 1.54) is 32.5 Å². The van der Waals surface area contributed by atoms with Crippen molar-refractivity contribution in [2.45, 2.75) is 72.3 Å². The summed E-state index contributed by atoms with van der Waals surface area (Å²) in [7, 11) is 0. The Morgan fingerprint density at radius 3 is 2.62 bits per heavy atom. The van der Waals surface area contributed by atoms with Gasteiger partial charge in [-0.05, 0) is 56.4 Å². The first-order valence-electron chi connectivity index (χ1n) is 9.61. The van der Waals surface area contributed by atoms with Crippen molar-refractivity contribution in [2.24, 2.45) is 11.3 Å². The molecular weight excluding hydrogens is 300 g/mol. The number of nitrogens with zero attached hydrogens (tertiary/aromatic N) is 4. The molecule has 0 amide bonds. The van der Waals surface area contributed by atoms with E-state index in [1.54, 1.807) is 0 Å². The fourth-order valence-corrected chi connectivity index (χ4v) is 3.82. The summed E-state index contributed by atoms with van der Waals surface area (Å²) in [6, 6.07) is 0.489. The highest BCUT2D eigenvalue weighted by atomic mass is 16.2. The maximum absolute atomic E-state index is 8.90. The first kappa shape index (κ1) is 19.4. The van der Waals surface area contributed by atoms with Crippen molar-refractivity contribution in [3.8, 4) is 0 Å². The first-order valence-corrected chi connectivity index (χ1v) is 9.61. The highest BCUT2D eigenvalue weighted by Gasteiger charge is 2.22. The van der Waals surface area contributed by atoms with Crippen LogP contribution in [0.25, 0.3) is 0 Å². The quantitative estimate of drug-likeness (QED) is 0.791. The third-order valence-corrected chi connectivity index (χ3v) is 4.98. The summed E-state index contributed by atoms with van der Waals surface area (Å²) in [6.45, 7) is 13.2. The van der Waals surface area contributed by atoms with Crippen LogP contribution in [0.15, 0.2) is 6.20 Å². The number of aliphatic hydroxyl groups is 1. The van der Waals surface area contributed by atoms with Crippen molar-refractivity contribution in [1.82, 2.24) is 19.9 Å². The fourth-order valence-electron chi connectivity index (χ4n) is 3.82. The van der Waals surface area contributed by atoms with E-state index in [-0.39, 0.29) is 6.61 Å². The molecule has 0 radical (unpaired) electrons. The summed E-state index contributed by atoms with van der Waals surface area (Å²) >= 11 is 0. The Bertz CT molecular complexity index is 472. The van der Waals surface area contributed by atoms with Gasteiger partial charge in [-0.2, -0.15) is 0 Å². The van der Waals surface area contributed by atoms with Gasteiger partial charge in [-0.3, -0.25) is 0 Å². The Labute approximate surface area is 147 Å². The van der Waals surface area contributed by atoms with Crippen molar-refractivity contribution in [1.29, 1.82) is 0 Å². The molecule has 1 N–H and O–H groups in total. The molecule has 5 nitrogen and oxygen atoms in total. The molecule has 1 aromatic heterocycles. The van der Waals surface area contributed by atoms with E-state index in [0.717, 1.165) is 37.3 Å². The summed E-state index contributed by atoms with van der Waals surface area (Å²) in [5, 5.41) is 17.4. The summed E-state index contributed by atoms with van der Waals surface area (Å²) in [5.41, 5.74) is 1.44. The van der Waals surface area contributed by atoms with Crippen molar-refractivity contribution < 1.29 is 5.11 Å². The van der Waals surface area contributed by atoms with Crippen LogP contribution in [0, 0.1) is 11.3 Å². The summed E-state index contributed by atoms with van der Waals surface area (Å²) < 4.78 is 2.05. The van der Waals surface area contributed by atoms with E-state index in [1.807, 2.05) is 4.68 Å². The largest absolute Gasteiger partial charge is 0.396 e. The van der Waals surface area contributed by atoms with Crippen LogP contribution in [-0.4, -0.2) is 51.2 Å². The lowest BCUT2D eigenvalue weighted by atomic mass is 9.84. The van der Waals surface area contributed by atoms with Crippen molar-refractivity contribution in [3.63, 3.8) is 0 Å². The van der Waals surface area contributed by atoms with Gasteiger partial charge >= 0.3 is 0 Å². The van der Waals surface area contributed by atoms with E-state index < -0.39 is 0 Å². The number of hydrogen-bond donors (Lipinski definition) is 1. The van der Waals surface area contributed by atoms with Gasteiger partial charge in [0.25, 0.3) is 0 Å². The molecule has 24 heavy (non-hydrogen) atoms. The maximum Gasteiger partial charge on any atom is 0.0828 e. The van der Waals surface area contributed by atoms with E-state index in [2.05, 4.69) is 49.1 Å². The monoisotopic (exact) mass is 336 g/mol. The Kier molecular flexibility index (Phi) is 7.23. The molecule has 0 aromatic carbocycles. The molecule has 1 aliphatic heterocycles. The molecule has 1 fully saturated rings. The second kappa shape index (κ2) is 8.95. The molecular formula is C19H36N4O. The number of aliphatic hydroxyl groups excluding tert-OH is 1. The molecule has 1 aliphatic rings. The van der Waals surface area contributed by atoms with Gasteiger partial charge < -0.3 is 10.0 Å². The Morgan fingerprint density at radius 2 is 2.00 bits per heavy atom. The number of rotatable bonds is 8. The van der Waals surface area contributed by atoms with Crippen molar-refractivity contribution in [3.05, 3.63) is 11.9 Å². The molecule has 0 aliphatic carbocycles. The molecule has 0 saturated carbocycles. The zero-order chi connectivity index (χ0) is 17.6. The molecule has 5 heteroatoms. The zero-order valence-electron chi connectivity index (χ0n) is 16.0. The van der Waals surface area contributed by atoms with Crippen LogP contribution in [0.2, 0.25) is 0 Å². The van der Waals surface area contributed by atoms with Gasteiger partial charge in [0.15, 0.2) is 0 Å². The second-order valence-corrected chi connectivity index (χ2v) is 8.75. The Hall–Kier alpha value is -0.940. The SMILES string of the molecule is CC(CCN1CCC(n2cc(CCCO)nn2)CC1)CC(C)(C)C. The third-order valence-electron chi connectivity index (χ3n) is 4.98. The van der Waals surface area contributed by atoms with Crippen LogP contribution in [-0.2, 0) is 6.42 Å². The minimum absolute atomic E-state index is 0.221. The number of piperidine rings is 1. The van der Waals surface area contributed by atoms with Crippen molar-refractivity contribution in [2.75, 3.05) is 26.2 Å². The lowest BCUT2D eigenvalue weighted by Crippen LogP contribution is -2.36. The average Bonchev–Trinajstić information content (AvgIpc) is 2.98. The molecule has 2 rings (SSSR count). The molecule has 1 aromatic rings. The highest BCUT2D eigenvalue weighted by molar-refractivity contribution is 4.94. The molecule has 0 spiro atoms. The molecule has 138 valence electrons. The van der Waals surface area contributed by atoms with E-state index in [4.69, 9.17) is 5.11 Å². The van der Waals surface area contributed by atoms with Crippen LogP contribution in [0.4, 0.5) is 0 Å². The molecule has 1 saturated heterocycles. The van der Waals surface area contributed by atoms with Gasteiger partial charge in [-0.25, -0.2) is 4.68 Å². The van der Waals surface area contributed by atoms with Crippen LogP contribution in [0.5, 0.6) is 0 Å². The highest BCUT2D eigenvalue weighted by Crippen LogP contribution is 2.27. The van der Waals surface area contributed by atoms with Gasteiger partial charge in [0.2, 0.25) is 0 Å².